The Morgan fingerprint density at radius 1 is 1.04 bits per heavy atom. The molecule has 1 aromatic carbocycles. The molecule has 0 unspecified atom stereocenters. The van der Waals surface area contributed by atoms with E-state index in [2.05, 4.69) is 9.88 Å². The van der Waals surface area contributed by atoms with Crippen LogP contribution in [0.1, 0.15) is 40.6 Å². The molecule has 1 fully saturated rings. The number of benzene rings is 1. The summed E-state index contributed by atoms with van der Waals surface area (Å²) in [7, 11) is 1.42. The highest BCUT2D eigenvalue weighted by Gasteiger charge is 2.35. The molecule has 1 aliphatic heterocycles. The first-order chi connectivity index (χ1) is 12.6. The largest absolute Gasteiger partial charge is 0.492 e. The number of ether oxygens (including phenoxy) is 1. The molecule has 1 aliphatic carbocycles. The highest BCUT2D eigenvalue weighted by molar-refractivity contribution is 6.27. The van der Waals surface area contributed by atoms with Gasteiger partial charge >= 0.3 is 0 Å². The van der Waals surface area contributed by atoms with Crippen LogP contribution in [0.5, 0.6) is 0 Å². The van der Waals surface area contributed by atoms with Crippen LogP contribution >= 0.6 is 0 Å². The Bertz CT molecular complexity index is 926. The maximum atomic E-state index is 13.0. The van der Waals surface area contributed by atoms with E-state index in [1.54, 1.807) is 6.92 Å². The van der Waals surface area contributed by atoms with Crippen LogP contribution in [0.15, 0.2) is 47.7 Å². The smallest absolute Gasteiger partial charge is 0.230 e. The number of carbonyl (C=O) groups is 2. The minimum atomic E-state index is -0.279. The Hall–Kier alpha value is -2.95. The molecule has 2 aliphatic rings. The van der Waals surface area contributed by atoms with Gasteiger partial charge in [-0.3, -0.25) is 9.59 Å². The Kier molecular flexibility index (Phi) is 4.07. The lowest BCUT2D eigenvalue weighted by atomic mass is 9.87. The van der Waals surface area contributed by atoms with Gasteiger partial charge in [-0.25, -0.2) is 4.98 Å². The van der Waals surface area contributed by atoms with Gasteiger partial charge in [0, 0.05) is 18.7 Å². The fourth-order valence-electron chi connectivity index (χ4n) is 3.69. The first-order valence-electron chi connectivity index (χ1n) is 8.81. The average Bonchev–Trinajstić information content (AvgIpc) is 3.21. The SMILES string of the molecule is COC1=C(C)C(=O)c2nc(N3CCCC3)cc(-c3ccccc3)c2C1=O. The number of anilines is 1. The zero-order valence-corrected chi connectivity index (χ0v) is 14.9. The second kappa shape index (κ2) is 6.41. The number of Topliss-reactive ketones (excluding diaryl/α,β-unsaturated/α-hetero) is 2. The molecule has 0 atom stereocenters. The van der Waals surface area contributed by atoms with Crippen molar-refractivity contribution in [2.24, 2.45) is 0 Å². The van der Waals surface area contributed by atoms with Gasteiger partial charge in [0.05, 0.1) is 12.7 Å². The minimum absolute atomic E-state index is 0.107. The Morgan fingerprint density at radius 3 is 2.38 bits per heavy atom. The van der Waals surface area contributed by atoms with Crippen molar-refractivity contribution in [3.05, 3.63) is 59.0 Å². The Labute approximate surface area is 152 Å². The number of allylic oxidation sites excluding steroid dienone is 2. The van der Waals surface area contributed by atoms with E-state index < -0.39 is 0 Å². The van der Waals surface area contributed by atoms with Crippen LogP contribution < -0.4 is 4.90 Å². The molecule has 5 heteroatoms. The lowest BCUT2D eigenvalue weighted by Gasteiger charge is -2.24. The van der Waals surface area contributed by atoms with Crippen LogP contribution in [-0.4, -0.2) is 36.7 Å². The predicted octanol–water partition coefficient (Wildman–Crippen LogP) is 3.65. The molecule has 4 rings (SSSR count). The number of fused-ring (bicyclic) bond motifs is 1. The van der Waals surface area contributed by atoms with E-state index >= 15 is 0 Å². The van der Waals surface area contributed by atoms with Gasteiger partial charge in [0.2, 0.25) is 11.6 Å². The number of ketones is 2. The van der Waals surface area contributed by atoms with E-state index in [1.165, 1.54) is 7.11 Å². The normalized spacial score (nSPS) is 16.9. The summed E-state index contributed by atoms with van der Waals surface area (Å²) < 4.78 is 5.23. The molecule has 1 saturated heterocycles. The van der Waals surface area contributed by atoms with Crippen LogP contribution in [0.4, 0.5) is 5.82 Å². The zero-order chi connectivity index (χ0) is 18.3. The van der Waals surface area contributed by atoms with Gasteiger partial charge in [-0.15, -0.1) is 0 Å². The zero-order valence-electron chi connectivity index (χ0n) is 14.9. The van der Waals surface area contributed by atoms with Crippen molar-refractivity contribution in [1.82, 2.24) is 4.98 Å². The quantitative estimate of drug-likeness (QED) is 0.847. The number of pyridine rings is 1. The number of methoxy groups -OCH3 is 1. The van der Waals surface area contributed by atoms with Crippen LogP contribution in [0.25, 0.3) is 11.1 Å². The first-order valence-corrected chi connectivity index (χ1v) is 8.81. The lowest BCUT2D eigenvalue weighted by molar-refractivity contribution is 0.0904. The van der Waals surface area contributed by atoms with Gasteiger partial charge in [-0.1, -0.05) is 30.3 Å². The molecular formula is C21H20N2O3. The van der Waals surface area contributed by atoms with Gasteiger partial charge in [-0.2, -0.15) is 0 Å². The highest BCUT2D eigenvalue weighted by atomic mass is 16.5. The Morgan fingerprint density at radius 2 is 1.73 bits per heavy atom. The lowest BCUT2D eigenvalue weighted by Crippen LogP contribution is -2.27. The van der Waals surface area contributed by atoms with E-state index in [-0.39, 0.29) is 23.0 Å². The molecule has 2 aromatic rings. The Balaban J connectivity index is 1.98. The van der Waals surface area contributed by atoms with Crippen molar-refractivity contribution < 1.29 is 14.3 Å². The predicted molar refractivity (Wildman–Crippen MR) is 99.5 cm³/mol. The average molecular weight is 348 g/mol. The molecule has 0 N–H and O–H groups in total. The van der Waals surface area contributed by atoms with Crippen LogP contribution in [0.3, 0.4) is 0 Å². The number of carbonyl (C=O) groups excluding carboxylic acids is 2. The molecular weight excluding hydrogens is 328 g/mol. The third-order valence-corrected chi connectivity index (χ3v) is 5.05. The summed E-state index contributed by atoms with van der Waals surface area (Å²) in [5, 5.41) is 0. The van der Waals surface area contributed by atoms with Crippen LogP contribution in [-0.2, 0) is 4.74 Å². The second-order valence-electron chi connectivity index (χ2n) is 6.63. The van der Waals surface area contributed by atoms with Gasteiger partial charge in [-0.05, 0) is 37.0 Å². The summed E-state index contributed by atoms with van der Waals surface area (Å²) >= 11 is 0. The summed E-state index contributed by atoms with van der Waals surface area (Å²) in [5.74, 6) is 0.346. The van der Waals surface area contributed by atoms with E-state index in [0.717, 1.165) is 42.9 Å². The fourth-order valence-corrected chi connectivity index (χ4v) is 3.69. The van der Waals surface area contributed by atoms with Crippen molar-refractivity contribution in [2.75, 3.05) is 25.1 Å². The molecule has 0 saturated carbocycles. The maximum absolute atomic E-state index is 13.0. The molecule has 132 valence electrons. The third-order valence-electron chi connectivity index (χ3n) is 5.05. The van der Waals surface area contributed by atoms with Crippen LogP contribution in [0, 0.1) is 0 Å². The molecule has 0 radical (unpaired) electrons. The van der Waals surface area contributed by atoms with Gasteiger partial charge in [0.1, 0.15) is 11.5 Å². The summed E-state index contributed by atoms with van der Waals surface area (Å²) in [5.41, 5.74) is 2.51. The van der Waals surface area contributed by atoms with E-state index in [0.29, 0.717) is 11.1 Å². The number of hydrogen-bond acceptors (Lipinski definition) is 5. The maximum Gasteiger partial charge on any atom is 0.230 e. The number of rotatable bonds is 3. The van der Waals surface area contributed by atoms with E-state index in [4.69, 9.17) is 4.74 Å². The van der Waals surface area contributed by atoms with Crippen molar-refractivity contribution >= 4 is 17.4 Å². The van der Waals surface area contributed by atoms with Crippen molar-refractivity contribution in [1.29, 1.82) is 0 Å². The summed E-state index contributed by atoms with van der Waals surface area (Å²) in [4.78, 5) is 32.7. The number of aromatic nitrogens is 1. The molecule has 0 amide bonds. The van der Waals surface area contributed by atoms with Gasteiger partial charge < -0.3 is 9.64 Å². The summed E-state index contributed by atoms with van der Waals surface area (Å²) in [6.07, 6.45) is 2.22. The topological polar surface area (TPSA) is 59.5 Å². The molecule has 26 heavy (non-hydrogen) atoms. The molecule has 1 aromatic heterocycles. The molecule has 2 heterocycles. The minimum Gasteiger partial charge on any atom is -0.492 e. The molecule has 0 bridgehead atoms. The number of hydrogen-bond donors (Lipinski definition) is 0. The molecule has 0 spiro atoms. The van der Waals surface area contributed by atoms with Gasteiger partial charge in [0.25, 0.3) is 0 Å². The molecule has 5 nitrogen and oxygen atoms in total. The summed E-state index contributed by atoms with van der Waals surface area (Å²) in [6, 6.07) is 11.6. The van der Waals surface area contributed by atoms with Crippen molar-refractivity contribution in [2.45, 2.75) is 19.8 Å². The second-order valence-corrected chi connectivity index (χ2v) is 6.63. The monoisotopic (exact) mass is 348 g/mol. The third kappa shape index (κ3) is 2.51. The van der Waals surface area contributed by atoms with Crippen molar-refractivity contribution in [3.63, 3.8) is 0 Å². The standard InChI is InChI=1S/C21H20N2O3/c1-13-19(24)18-17(20(25)21(13)26-2)15(14-8-4-3-5-9-14)12-16(22-18)23-10-6-7-11-23/h3-5,8-9,12H,6-7,10-11H2,1-2H3. The number of nitrogens with zero attached hydrogens (tertiary/aromatic N) is 2. The highest BCUT2D eigenvalue weighted by Crippen LogP contribution is 2.36. The van der Waals surface area contributed by atoms with E-state index in [1.807, 2.05) is 36.4 Å². The van der Waals surface area contributed by atoms with E-state index in [9.17, 15) is 9.59 Å². The van der Waals surface area contributed by atoms with Gasteiger partial charge in [0.15, 0.2) is 5.76 Å². The summed E-state index contributed by atoms with van der Waals surface area (Å²) in [6.45, 7) is 3.45. The first kappa shape index (κ1) is 16.5. The fraction of sp³-hybridized carbons (Fsp3) is 0.286. The van der Waals surface area contributed by atoms with Crippen molar-refractivity contribution in [3.8, 4) is 11.1 Å². The van der Waals surface area contributed by atoms with Crippen LogP contribution in [0.2, 0.25) is 0 Å².